The first-order valence-electron chi connectivity index (χ1n) is 10.3. The fraction of sp³-hybridized carbons (Fsp3) is 0.750. The van der Waals surface area contributed by atoms with E-state index in [2.05, 4.69) is 5.10 Å². The van der Waals surface area contributed by atoms with Crippen molar-refractivity contribution < 1.29 is 9.59 Å². The van der Waals surface area contributed by atoms with Gasteiger partial charge in [0.25, 0.3) is 5.91 Å². The van der Waals surface area contributed by atoms with E-state index in [9.17, 15) is 9.59 Å². The van der Waals surface area contributed by atoms with E-state index in [1.54, 1.807) is 6.20 Å². The molecule has 1 aliphatic carbocycles. The molecule has 4 rings (SSSR count). The van der Waals surface area contributed by atoms with E-state index in [1.807, 2.05) is 14.5 Å². The Bertz CT molecular complexity index is 655. The molecule has 3 heterocycles. The minimum Gasteiger partial charge on any atom is -0.339 e. The Morgan fingerprint density at radius 3 is 2.42 bits per heavy atom. The quantitative estimate of drug-likeness (QED) is 0.834. The zero-order chi connectivity index (χ0) is 17.9. The van der Waals surface area contributed by atoms with Crippen molar-refractivity contribution in [3.8, 4) is 0 Å². The second-order valence-corrected chi connectivity index (χ2v) is 8.07. The highest BCUT2D eigenvalue weighted by Gasteiger charge is 2.29. The Labute approximate surface area is 155 Å². The summed E-state index contributed by atoms with van der Waals surface area (Å²) in [4.78, 5) is 29.3. The number of carbonyl (C=O) groups excluding carboxylic acids is 2. The summed E-state index contributed by atoms with van der Waals surface area (Å²) in [6.45, 7) is 3.54. The van der Waals surface area contributed by atoms with Gasteiger partial charge >= 0.3 is 0 Å². The molecule has 3 aliphatic rings. The van der Waals surface area contributed by atoms with Crippen LogP contribution in [0.25, 0.3) is 0 Å². The molecule has 26 heavy (non-hydrogen) atoms. The molecular weight excluding hydrogens is 328 g/mol. The molecule has 1 saturated heterocycles. The van der Waals surface area contributed by atoms with Crippen LogP contribution < -0.4 is 0 Å². The highest BCUT2D eigenvalue weighted by molar-refractivity contribution is 5.95. The second-order valence-electron chi connectivity index (χ2n) is 8.07. The number of hydrogen-bond donors (Lipinski definition) is 0. The lowest BCUT2D eigenvalue weighted by Crippen LogP contribution is -2.51. The van der Waals surface area contributed by atoms with Crippen molar-refractivity contribution in [3.63, 3.8) is 0 Å². The van der Waals surface area contributed by atoms with Crippen molar-refractivity contribution in [2.45, 2.75) is 64.3 Å². The number of carbonyl (C=O) groups is 2. The van der Waals surface area contributed by atoms with Gasteiger partial charge in [-0.15, -0.1) is 0 Å². The van der Waals surface area contributed by atoms with Gasteiger partial charge < -0.3 is 9.80 Å². The number of rotatable bonds is 3. The molecule has 2 fully saturated rings. The van der Waals surface area contributed by atoms with Gasteiger partial charge in [-0.05, 0) is 38.0 Å². The lowest BCUT2D eigenvalue weighted by Gasteiger charge is -2.35. The smallest absolute Gasteiger partial charge is 0.257 e. The van der Waals surface area contributed by atoms with Crippen LogP contribution in [0.3, 0.4) is 0 Å². The van der Waals surface area contributed by atoms with E-state index in [0.29, 0.717) is 38.5 Å². The van der Waals surface area contributed by atoms with Gasteiger partial charge in [0, 0.05) is 39.1 Å². The Kier molecular flexibility index (Phi) is 5.27. The van der Waals surface area contributed by atoms with Crippen LogP contribution in [-0.2, 0) is 17.8 Å². The molecule has 2 amide bonds. The number of piperazine rings is 1. The molecule has 6 heteroatoms. The van der Waals surface area contributed by atoms with Gasteiger partial charge in [-0.2, -0.15) is 5.10 Å². The summed E-state index contributed by atoms with van der Waals surface area (Å²) >= 11 is 0. The molecule has 0 spiro atoms. The van der Waals surface area contributed by atoms with Gasteiger partial charge in [-0.3, -0.25) is 14.3 Å². The standard InChI is InChI=1S/C20H30N4O2/c25-19(14-16-6-2-1-3-7-16)22-10-12-23(13-11-22)20(26)17-15-21-24-9-5-4-8-18(17)24/h15-16H,1-14H2. The Hall–Kier alpha value is -1.85. The predicted molar refractivity (Wildman–Crippen MR) is 98.8 cm³/mol. The third-order valence-electron chi connectivity index (χ3n) is 6.32. The van der Waals surface area contributed by atoms with E-state index in [0.717, 1.165) is 37.1 Å². The molecule has 6 nitrogen and oxygen atoms in total. The maximum absolute atomic E-state index is 12.9. The summed E-state index contributed by atoms with van der Waals surface area (Å²) < 4.78 is 1.99. The third-order valence-corrected chi connectivity index (χ3v) is 6.32. The topological polar surface area (TPSA) is 58.4 Å². The maximum atomic E-state index is 12.9. The summed E-state index contributed by atoms with van der Waals surface area (Å²) in [5, 5.41) is 4.39. The van der Waals surface area contributed by atoms with E-state index < -0.39 is 0 Å². The van der Waals surface area contributed by atoms with Crippen molar-refractivity contribution in [2.24, 2.45) is 5.92 Å². The summed E-state index contributed by atoms with van der Waals surface area (Å²) in [5.74, 6) is 0.953. The number of fused-ring (bicyclic) bond motifs is 1. The zero-order valence-corrected chi connectivity index (χ0v) is 15.7. The second kappa shape index (κ2) is 7.80. The highest BCUT2D eigenvalue weighted by atomic mass is 16.2. The van der Waals surface area contributed by atoms with E-state index in [4.69, 9.17) is 0 Å². The lowest BCUT2D eigenvalue weighted by atomic mass is 9.86. The minimum absolute atomic E-state index is 0.0903. The van der Waals surface area contributed by atoms with Crippen LogP contribution in [0, 0.1) is 5.92 Å². The van der Waals surface area contributed by atoms with E-state index in [-0.39, 0.29) is 11.8 Å². The number of aromatic nitrogens is 2. The Morgan fingerprint density at radius 2 is 1.65 bits per heavy atom. The minimum atomic E-state index is 0.0903. The fourth-order valence-electron chi connectivity index (χ4n) is 4.70. The van der Waals surface area contributed by atoms with Crippen molar-refractivity contribution in [3.05, 3.63) is 17.5 Å². The molecule has 1 aromatic rings. The number of amides is 2. The zero-order valence-electron chi connectivity index (χ0n) is 15.7. The summed E-state index contributed by atoms with van der Waals surface area (Å²) in [5.41, 5.74) is 1.86. The molecule has 0 N–H and O–H groups in total. The van der Waals surface area contributed by atoms with E-state index in [1.165, 1.54) is 32.1 Å². The van der Waals surface area contributed by atoms with Gasteiger partial charge in [0.15, 0.2) is 0 Å². The molecule has 142 valence electrons. The molecule has 0 radical (unpaired) electrons. The molecule has 0 unspecified atom stereocenters. The van der Waals surface area contributed by atoms with Gasteiger partial charge in [0.05, 0.1) is 17.5 Å². The third kappa shape index (κ3) is 3.64. The molecule has 0 aromatic carbocycles. The van der Waals surface area contributed by atoms with Crippen molar-refractivity contribution in [1.82, 2.24) is 19.6 Å². The average Bonchev–Trinajstić information content (AvgIpc) is 3.12. The lowest BCUT2D eigenvalue weighted by molar-refractivity contribution is -0.133. The van der Waals surface area contributed by atoms with Crippen LogP contribution in [-0.4, -0.2) is 57.6 Å². The van der Waals surface area contributed by atoms with Crippen LogP contribution in [0.2, 0.25) is 0 Å². The van der Waals surface area contributed by atoms with Gasteiger partial charge in [0.1, 0.15) is 0 Å². The van der Waals surface area contributed by atoms with Crippen molar-refractivity contribution in [2.75, 3.05) is 26.2 Å². The molecule has 0 bridgehead atoms. The van der Waals surface area contributed by atoms with Gasteiger partial charge in [-0.1, -0.05) is 19.3 Å². The number of nitrogens with zero attached hydrogens (tertiary/aromatic N) is 4. The van der Waals surface area contributed by atoms with Gasteiger partial charge in [-0.25, -0.2) is 0 Å². The number of aryl methyl sites for hydroxylation is 1. The van der Waals surface area contributed by atoms with E-state index >= 15 is 0 Å². The summed E-state index contributed by atoms with van der Waals surface area (Å²) in [6, 6.07) is 0. The predicted octanol–water partition coefficient (Wildman–Crippen LogP) is 2.47. The fourth-order valence-corrected chi connectivity index (χ4v) is 4.70. The Morgan fingerprint density at radius 1 is 0.923 bits per heavy atom. The van der Waals surface area contributed by atoms with Crippen LogP contribution in [0.15, 0.2) is 6.20 Å². The molecule has 1 aromatic heterocycles. The average molecular weight is 358 g/mol. The normalized spacial score (nSPS) is 21.5. The monoisotopic (exact) mass is 358 g/mol. The van der Waals surface area contributed by atoms with Crippen LogP contribution in [0.4, 0.5) is 0 Å². The first-order chi connectivity index (χ1) is 12.7. The molecule has 2 aliphatic heterocycles. The Balaban J connectivity index is 1.31. The van der Waals surface area contributed by atoms with Gasteiger partial charge in [0.2, 0.25) is 5.91 Å². The molecule has 0 atom stereocenters. The highest BCUT2D eigenvalue weighted by Crippen LogP contribution is 2.27. The van der Waals surface area contributed by atoms with Crippen LogP contribution in [0.1, 0.15) is 67.4 Å². The SMILES string of the molecule is O=C(CC1CCCCC1)N1CCN(C(=O)c2cnn3c2CCCC3)CC1. The summed E-state index contributed by atoms with van der Waals surface area (Å²) in [7, 11) is 0. The molecular formula is C20H30N4O2. The first kappa shape index (κ1) is 17.6. The summed E-state index contributed by atoms with van der Waals surface area (Å²) in [6.07, 6.45) is 11.9. The van der Waals surface area contributed by atoms with Crippen molar-refractivity contribution in [1.29, 1.82) is 0 Å². The first-order valence-corrected chi connectivity index (χ1v) is 10.3. The number of hydrogen-bond acceptors (Lipinski definition) is 3. The van der Waals surface area contributed by atoms with Crippen LogP contribution >= 0.6 is 0 Å². The maximum Gasteiger partial charge on any atom is 0.257 e. The van der Waals surface area contributed by atoms with Crippen LogP contribution in [0.5, 0.6) is 0 Å². The molecule has 1 saturated carbocycles. The van der Waals surface area contributed by atoms with Crippen molar-refractivity contribution >= 4 is 11.8 Å². The largest absolute Gasteiger partial charge is 0.339 e.